The van der Waals surface area contributed by atoms with Crippen LogP contribution in [0.25, 0.3) is 0 Å². The lowest BCUT2D eigenvalue weighted by Crippen LogP contribution is -2.50. The summed E-state index contributed by atoms with van der Waals surface area (Å²) in [5.41, 5.74) is 0.209. The standard InChI is InChI=1S/C15H30N4OS/c1-4-16-14(19-8-5-13(20)6-9-19)17-11-15(18(2)3)7-10-21-12-15/h13,20H,4-12H2,1-3H3,(H,16,17). The van der Waals surface area contributed by atoms with Gasteiger partial charge in [0, 0.05) is 30.9 Å². The Balaban J connectivity index is 2.03. The molecule has 0 aromatic carbocycles. The van der Waals surface area contributed by atoms with Crippen molar-refractivity contribution in [2.75, 3.05) is 51.8 Å². The molecule has 5 nitrogen and oxygen atoms in total. The van der Waals surface area contributed by atoms with Crippen molar-refractivity contribution in [1.82, 2.24) is 15.1 Å². The van der Waals surface area contributed by atoms with E-state index in [0.717, 1.165) is 45.0 Å². The van der Waals surface area contributed by atoms with Gasteiger partial charge >= 0.3 is 0 Å². The molecule has 2 rings (SSSR count). The first kappa shape index (κ1) is 16.9. The zero-order valence-corrected chi connectivity index (χ0v) is 14.5. The van der Waals surface area contributed by atoms with E-state index in [4.69, 9.17) is 4.99 Å². The molecule has 122 valence electrons. The fourth-order valence-corrected chi connectivity index (χ4v) is 4.48. The molecule has 0 aromatic heterocycles. The van der Waals surface area contributed by atoms with E-state index in [1.54, 1.807) is 0 Å². The maximum absolute atomic E-state index is 9.66. The van der Waals surface area contributed by atoms with E-state index in [1.165, 1.54) is 17.9 Å². The van der Waals surface area contributed by atoms with Crippen LogP contribution in [0.3, 0.4) is 0 Å². The summed E-state index contributed by atoms with van der Waals surface area (Å²) in [7, 11) is 4.34. The van der Waals surface area contributed by atoms with E-state index in [1.807, 2.05) is 11.8 Å². The quantitative estimate of drug-likeness (QED) is 0.595. The van der Waals surface area contributed by atoms with Gasteiger partial charge in [-0.05, 0) is 46.0 Å². The highest BCUT2D eigenvalue weighted by Gasteiger charge is 2.36. The Morgan fingerprint density at radius 1 is 1.43 bits per heavy atom. The summed E-state index contributed by atoms with van der Waals surface area (Å²) in [6, 6.07) is 0. The third kappa shape index (κ3) is 4.27. The molecule has 0 amide bonds. The zero-order valence-electron chi connectivity index (χ0n) is 13.6. The van der Waals surface area contributed by atoms with Crippen molar-refractivity contribution >= 4 is 17.7 Å². The number of hydrogen-bond donors (Lipinski definition) is 2. The van der Waals surface area contributed by atoms with Crippen LogP contribution in [0.15, 0.2) is 4.99 Å². The summed E-state index contributed by atoms with van der Waals surface area (Å²) >= 11 is 2.03. The molecular formula is C15H30N4OS. The number of nitrogens with zero attached hydrogens (tertiary/aromatic N) is 3. The first-order valence-corrected chi connectivity index (χ1v) is 9.19. The lowest BCUT2D eigenvalue weighted by atomic mass is 9.98. The molecule has 0 spiro atoms. The maximum atomic E-state index is 9.66. The van der Waals surface area contributed by atoms with Crippen molar-refractivity contribution in [3.63, 3.8) is 0 Å². The minimum absolute atomic E-state index is 0.136. The Bertz CT molecular complexity index is 348. The van der Waals surface area contributed by atoms with Crippen molar-refractivity contribution in [1.29, 1.82) is 0 Å². The average molecular weight is 314 g/mol. The molecule has 1 unspecified atom stereocenters. The molecule has 0 aliphatic carbocycles. The van der Waals surface area contributed by atoms with Crippen LogP contribution in [-0.2, 0) is 0 Å². The van der Waals surface area contributed by atoms with Gasteiger partial charge in [-0.2, -0.15) is 11.8 Å². The number of piperidine rings is 1. The van der Waals surface area contributed by atoms with Gasteiger partial charge in [0.1, 0.15) is 0 Å². The molecule has 2 heterocycles. The van der Waals surface area contributed by atoms with E-state index in [2.05, 4.69) is 36.1 Å². The molecule has 2 fully saturated rings. The number of guanidine groups is 1. The Morgan fingerprint density at radius 2 is 2.14 bits per heavy atom. The SMILES string of the molecule is CCNC(=NCC1(N(C)C)CCSC1)N1CCC(O)CC1. The van der Waals surface area contributed by atoms with Crippen LogP contribution in [-0.4, -0.2) is 84.3 Å². The van der Waals surface area contributed by atoms with Crippen LogP contribution in [0.1, 0.15) is 26.2 Å². The van der Waals surface area contributed by atoms with Crippen molar-refractivity contribution in [3.8, 4) is 0 Å². The molecular weight excluding hydrogens is 284 g/mol. The lowest BCUT2D eigenvalue weighted by molar-refractivity contribution is 0.107. The summed E-state index contributed by atoms with van der Waals surface area (Å²) in [6.45, 7) is 5.66. The van der Waals surface area contributed by atoms with E-state index >= 15 is 0 Å². The molecule has 1 atom stereocenters. The van der Waals surface area contributed by atoms with Crippen molar-refractivity contribution in [3.05, 3.63) is 0 Å². The van der Waals surface area contributed by atoms with Gasteiger partial charge in [-0.15, -0.1) is 0 Å². The normalized spacial score (nSPS) is 28.4. The second-order valence-electron chi connectivity index (χ2n) is 6.31. The molecule has 2 aliphatic heterocycles. The molecule has 0 aromatic rings. The molecule has 6 heteroatoms. The Kier molecular flexibility index (Phi) is 6.20. The monoisotopic (exact) mass is 314 g/mol. The molecule has 0 bridgehead atoms. The van der Waals surface area contributed by atoms with Gasteiger partial charge in [0.25, 0.3) is 0 Å². The van der Waals surface area contributed by atoms with Gasteiger partial charge in [-0.25, -0.2) is 0 Å². The number of nitrogens with one attached hydrogen (secondary N) is 1. The van der Waals surface area contributed by atoms with E-state index in [-0.39, 0.29) is 11.6 Å². The topological polar surface area (TPSA) is 51.1 Å². The predicted octanol–water partition coefficient (Wildman–Crippen LogP) is 0.846. The minimum Gasteiger partial charge on any atom is -0.393 e. The van der Waals surface area contributed by atoms with Crippen molar-refractivity contribution < 1.29 is 5.11 Å². The van der Waals surface area contributed by atoms with Gasteiger partial charge < -0.3 is 20.2 Å². The van der Waals surface area contributed by atoms with Crippen LogP contribution >= 0.6 is 11.8 Å². The number of thioether (sulfide) groups is 1. The number of aliphatic hydroxyl groups excluding tert-OH is 1. The molecule has 0 saturated carbocycles. The van der Waals surface area contributed by atoms with Crippen LogP contribution in [0, 0.1) is 0 Å². The number of likely N-dealkylation sites (N-methyl/N-ethyl adjacent to an activating group) is 1. The Morgan fingerprint density at radius 3 is 2.67 bits per heavy atom. The maximum Gasteiger partial charge on any atom is 0.193 e. The molecule has 2 N–H and O–H groups in total. The van der Waals surface area contributed by atoms with E-state index in [9.17, 15) is 5.11 Å². The highest BCUT2D eigenvalue weighted by Crippen LogP contribution is 2.32. The van der Waals surface area contributed by atoms with Crippen molar-refractivity contribution in [2.45, 2.75) is 37.8 Å². The largest absolute Gasteiger partial charge is 0.393 e. The fourth-order valence-electron chi connectivity index (χ4n) is 2.94. The summed E-state index contributed by atoms with van der Waals surface area (Å²) in [5, 5.41) is 13.1. The first-order chi connectivity index (χ1) is 10.1. The molecule has 2 saturated heterocycles. The summed E-state index contributed by atoms with van der Waals surface area (Å²) in [5.74, 6) is 3.42. The third-order valence-corrected chi connectivity index (χ3v) is 5.89. The van der Waals surface area contributed by atoms with Crippen LogP contribution < -0.4 is 5.32 Å². The zero-order chi connectivity index (χ0) is 15.3. The Labute approximate surface area is 133 Å². The van der Waals surface area contributed by atoms with Gasteiger partial charge in [-0.1, -0.05) is 0 Å². The highest BCUT2D eigenvalue weighted by molar-refractivity contribution is 7.99. The van der Waals surface area contributed by atoms with E-state index in [0.29, 0.717) is 0 Å². The Hall–Kier alpha value is -0.460. The number of hydrogen-bond acceptors (Lipinski definition) is 4. The first-order valence-electron chi connectivity index (χ1n) is 8.04. The molecule has 21 heavy (non-hydrogen) atoms. The van der Waals surface area contributed by atoms with Gasteiger partial charge in [0.05, 0.1) is 12.6 Å². The number of aliphatic imine (C=N–C) groups is 1. The van der Waals surface area contributed by atoms with Crippen molar-refractivity contribution in [2.24, 2.45) is 4.99 Å². The van der Waals surface area contributed by atoms with Gasteiger partial charge in [-0.3, -0.25) is 4.99 Å². The number of aliphatic hydroxyl groups is 1. The number of rotatable bonds is 4. The van der Waals surface area contributed by atoms with Crippen LogP contribution in [0.4, 0.5) is 0 Å². The second kappa shape index (κ2) is 7.70. The second-order valence-corrected chi connectivity index (χ2v) is 7.41. The lowest BCUT2D eigenvalue weighted by Gasteiger charge is -2.36. The fraction of sp³-hybridized carbons (Fsp3) is 0.933. The summed E-state index contributed by atoms with van der Waals surface area (Å²) in [4.78, 5) is 9.57. The summed E-state index contributed by atoms with van der Waals surface area (Å²) < 4.78 is 0. The average Bonchev–Trinajstić information content (AvgIpc) is 2.95. The van der Waals surface area contributed by atoms with Crippen LogP contribution in [0.5, 0.6) is 0 Å². The summed E-state index contributed by atoms with van der Waals surface area (Å²) in [6.07, 6.45) is 2.77. The van der Waals surface area contributed by atoms with E-state index < -0.39 is 0 Å². The molecule has 2 aliphatic rings. The number of likely N-dealkylation sites (tertiary alicyclic amines) is 1. The van der Waals surface area contributed by atoms with Gasteiger partial charge in [0.2, 0.25) is 0 Å². The van der Waals surface area contributed by atoms with Gasteiger partial charge in [0.15, 0.2) is 5.96 Å². The highest BCUT2D eigenvalue weighted by atomic mass is 32.2. The predicted molar refractivity (Wildman–Crippen MR) is 91.2 cm³/mol. The third-order valence-electron chi connectivity index (χ3n) is 4.65. The smallest absolute Gasteiger partial charge is 0.193 e. The van der Waals surface area contributed by atoms with Crippen LogP contribution in [0.2, 0.25) is 0 Å². The molecule has 0 radical (unpaired) electrons. The minimum atomic E-state index is -0.136.